The lowest BCUT2D eigenvalue weighted by atomic mass is 9.92. The van der Waals surface area contributed by atoms with E-state index in [1.807, 2.05) is 0 Å². The summed E-state index contributed by atoms with van der Waals surface area (Å²) >= 11 is 0. The largest absolute Gasteiger partial charge is 0.348 e. The van der Waals surface area contributed by atoms with Gasteiger partial charge < -0.3 is 21.0 Å². The van der Waals surface area contributed by atoms with Crippen molar-refractivity contribution in [3.8, 4) is 0 Å². The molecule has 1 amide bonds. The van der Waals surface area contributed by atoms with Crippen molar-refractivity contribution < 1.29 is 4.79 Å². The zero-order valence-corrected chi connectivity index (χ0v) is 8.95. The number of aromatic nitrogens is 2. The molecule has 0 aromatic carbocycles. The quantitative estimate of drug-likeness (QED) is 0.554. The maximum absolute atomic E-state index is 11.7. The van der Waals surface area contributed by atoms with Crippen LogP contribution in [0.1, 0.15) is 36.2 Å². The van der Waals surface area contributed by atoms with Crippen LogP contribution in [-0.2, 0) is 0 Å². The molecule has 6 heteroatoms. The third kappa shape index (κ3) is 2.52. The molecular formula is C10H16N4O2. The summed E-state index contributed by atoms with van der Waals surface area (Å²) in [6.45, 7) is 0. The topological polar surface area (TPSA) is 104 Å². The smallest absolute Gasteiger partial charge is 0.323 e. The average molecular weight is 224 g/mol. The second kappa shape index (κ2) is 4.52. The van der Waals surface area contributed by atoms with Crippen molar-refractivity contribution in [1.29, 1.82) is 0 Å². The average Bonchev–Trinajstić information content (AvgIpc) is 2.68. The van der Waals surface area contributed by atoms with Gasteiger partial charge in [-0.05, 0) is 25.7 Å². The molecule has 1 aromatic rings. The molecule has 1 aliphatic rings. The Morgan fingerprint density at radius 2 is 2.06 bits per heavy atom. The van der Waals surface area contributed by atoms with E-state index in [-0.39, 0.29) is 29.4 Å². The van der Waals surface area contributed by atoms with Gasteiger partial charge in [0.1, 0.15) is 5.69 Å². The number of nitrogens with one attached hydrogen (secondary N) is 3. The fourth-order valence-electron chi connectivity index (χ4n) is 1.98. The molecule has 5 N–H and O–H groups in total. The number of imidazole rings is 1. The normalized spacial score (nSPS) is 25.3. The second-order valence-electron chi connectivity index (χ2n) is 4.24. The van der Waals surface area contributed by atoms with E-state index in [0.717, 1.165) is 25.7 Å². The lowest BCUT2D eigenvalue weighted by Gasteiger charge is -2.26. The number of carbonyl (C=O) groups is 1. The molecule has 1 aromatic heterocycles. The first kappa shape index (κ1) is 10.9. The monoisotopic (exact) mass is 224 g/mol. The number of H-pyrrole nitrogens is 2. The van der Waals surface area contributed by atoms with E-state index >= 15 is 0 Å². The van der Waals surface area contributed by atoms with Gasteiger partial charge in [-0.1, -0.05) is 0 Å². The Kier molecular flexibility index (Phi) is 3.09. The summed E-state index contributed by atoms with van der Waals surface area (Å²) in [5.41, 5.74) is 5.69. The SMILES string of the molecule is NC1CCC(NC(=O)c2c[nH]c(=O)[nH]2)CC1. The molecule has 0 saturated heterocycles. The molecular weight excluding hydrogens is 208 g/mol. The first-order valence-corrected chi connectivity index (χ1v) is 5.49. The fraction of sp³-hybridized carbons (Fsp3) is 0.600. The van der Waals surface area contributed by atoms with Crippen LogP contribution in [0.5, 0.6) is 0 Å². The summed E-state index contributed by atoms with van der Waals surface area (Å²) < 4.78 is 0. The number of nitrogens with two attached hydrogens (primary N) is 1. The number of hydrogen-bond donors (Lipinski definition) is 4. The van der Waals surface area contributed by atoms with E-state index in [0.29, 0.717) is 0 Å². The minimum Gasteiger partial charge on any atom is -0.348 e. The molecule has 0 unspecified atom stereocenters. The van der Waals surface area contributed by atoms with Gasteiger partial charge in [0, 0.05) is 18.3 Å². The zero-order chi connectivity index (χ0) is 11.5. The molecule has 1 saturated carbocycles. The van der Waals surface area contributed by atoms with Gasteiger partial charge in [0.05, 0.1) is 0 Å². The van der Waals surface area contributed by atoms with Crippen molar-refractivity contribution in [1.82, 2.24) is 15.3 Å². The van der Waals surface area contributed by atoms with Gasteiger partial charge in [-0.3, -0.25) is 4.79 Å². The van der Waals surface area contributed by atoms with Crippen molar-refractivity contribution in [3.05, 3.63) is 22.4 Å². The number of carbonyl (C=O) groups excluding carboxylic acids is 1. The molecule has 6 nitrogen and oxygen atoms in total. The molecule has 0 spiro atoms. The number of amides is 1. The standard InChI is InChI=1S/C10H16N4O2/c11-6-1-3-7(4-2-6)13-9(15)8-5-12-10(16)14-8/h5-7H,1-4,11H2,(H,13,15)(H2,12,14,16). The highest BCUT2D eigenvalue weighted by molar-refractivity contribution is 5.92. The summed E-state index contributed by atoms with van der Waals surface area (Å²) in [5.74, 6) is -0.237. The van der Waals surface area contributed by atoms with E-state index in [1.165, 1.54) is 6.20 Å². The molecule has 0 atom stereocenters. The highest BCUT2D eigenvalue weighted by Gasteiger charge is 2.20. The van der Waals surface area contributed by atoms with Gasteiger partial charge in [0.2, 0.25) is 0 Å². The summed E-state index contributed by atoms with van der Waals surface area (Å²) in [4.78, 5) is 27.3. The molecule has 0 radical (unpaired) electrons. The molecule has 88 valence electrons. The number of rotatable bonds is 2. The van der Waals surface area contributed by atoms with Crippen LogP contribution in [0.15, 0.2) is 11.0 Å². The Balaban J connectivity index is 1.90. The van der Waals surface area contributed by atoms with Crippen LogP contribution in [-0.4, -0.2) is 28.0 Å². The van der Waals surface area contributed by atoms with E-state index in [1.54, 1.807) is 0 Å². The Hall–Kier alpha value is -1.56. The molecule has 1 fully saturated rings. The van der Waals surface area contributed by atoms with E-state index < -0.39 is 0 Å². The minimum absolute atomic E-state index is 0.172. The van der Waals surface area contributed by atoms with Gasteiger partial charge >= 0.3 is 5.69 Å². The maximum atomic E-state index is 11.7. The lowest BCUT2D eigenvalue weighted by Crippen LogP contribution is -2.40. The second-order valence-corrected chi connectivity index (χ2v) is 4.24. The van der Waals surface area contributed by atoms with Crippen LogP contribution in [0.25, 0.3) is 0 Å². The zero-order valence-electron chi connectivity index (χ0n) is 8.95. The van der Waals surface area contributed by atoms with Crippen LogP contribution in [0.2, 0.25) is 0 Å². The number of aromatic amines is 2. The Labute approximate surface area is 92.6 Å². The van der Waals surface area contributed by atoms with E-state index in [9.17, 15) is 9.59 Å². The van der Waals surface area contributed by atoms with Gasteiger partial charge in [0.15, 0.2) is 0 Å². The molecule has 1 heterocycles. The predicted octanol–water partition coefficient (Wildman–Crippen LogP) is -0.297. The summed E-state index contributed by atoms with van der Waals surface area (Å²) in [6.07, 6.45) is 5.07. The van der Waals surface area contributed by atoms with Gasteiger partial charge in [-0.25, -0.2) is 4.79 Å². The highest BCUT2D eigenvalue weighted by atomic mass is 16.2. The fourth-order valence-corrected chi connectivity index (χ4v) is 1.98. The van der Waals surface area contributed by atoms with Crippen LogP contribution in [0.3, 0.4) is 0 Å². The van der Waals surface area contributed by atoms with Gasteiger partial charge in [-0.2, -0.15) is 0 Å². The molecule has 1 aliphatic carbocycles. The van der Waals surface area contributed by atoms with Crippen molar-refractivity contribution >= 4 is 5.91 Å². The van der Waals surface area contributed by atoms with Gasteiger partial charge in [-0.15, -0.1) is 0 Å². The Morgan fingerprint density at radius 3 is 2.62 bits per heavy atom. The molecule has 0 bridgehead atoms. The van der Waals surface area contributed by atoms with Crippen molar-refractivity contribution in [2.24, 2.45) is 5.73 Å². The molecule has 0 aliphatic heterocycles. The first-order valence-electron chi connectivity index (χ1n) is 5.49. The molecule has 16 heavy (non-hydrogen) atoms. The predicted molar refractivity (Wildman–Crippen MR) is 59.1 cm³/mol. The van der Waals surface area contributed by atoms with Crippen molar-refractivity contribution in [3.63, 3.8) is 0 Å². The lowest BCUT2D eigenvalue weighted by molar-refractivity contribution is 0.0921. The highest BCUT2D eigenvalue weighted by Crippen LogP contribution is 2.17. The Bertz CT molecular complexity index is 414. The first-order chi connectivity index (χ1) is 7.65. The number of hydrogen-bond acceptors (Lipinski definition) is 3. The maximum Gasteiger partial charge on any atom is 0.323 e. The van der Waals surface area contributed by atoms with Crippen molar-refractivity contribution in [2.45, 2.75) is 37.8 Å². The third-order valence-electron chi connectivity index (χ3n) is 2.95. The molecule has 2 rings (SSSR count). The minimum atomic E-state index is -0.365. The van der Waals surface area contributed by atoms with Gasteiger partial charge in [0.25, 0.3) is 5.91 Å². The van der Waals surface area contributed by atoms with E-state index in [2.05, 4.69) is 15.3 Å². The van der Waals surface area contributed by atoms with Crippen LogP contribution >= 0.6 is 0 Å². The van der Waals surface area contributed by atoms with E-state index in [4.69, 9.17) is 5.73 Å². The summed E-state index contributed by atoms with van der Waals surface area (Å²) in [7, 11) is 0. The van der Waals surface area contributed by atoms with Crippen LogP contribution in [0.4, 0.5) is 0 Å². The summed E-state index contributed by atoms with van der Waals surface area (Å²) in [5, 5.41) is 2.88. The third-order valence-corrected chi connectivity index (χ3v) is 2.95. The van der Waals surface area contributed by atoms with Crippen LogP contribution < -0.4 is 16.7 Å². The summed E-state index contributed by atoms with van der Waals surface area (Å²) in [6, 6.07) is 0.436. The van der Waals surface area contributed by atoms with Crippen LogP contribution in [0, 0.1) is 0 Å². The Morgan fingerprint density at radius 1 is 1.38 bits per heavy atom. The van der Waals surface area contributed by atoms with Crippen molar-refractivity contribution in [2.75, 3.05) is 0 Å².